The smallest absolute Gasteiger partial charge is 0.395 e. The molecule has 8 heteroatoms. The number of benzene rings is 1. The van der Waals surface area contributed by atoms with E-state index in [4.69, 9.17) is 10.00 Å². The Bertz CT molecular complexity index is 735. The second kappa shape index (κ2) is 6.44. The van der Waals surface area contributed by atoms with Crippen LogP contribution in [0.2, 0.25) is 0 Å². The molecule has 118 valence electrons. The Morgan fingerprint density at radius 3 is 2.30 bits per heavy atom. The van der Waals surface area contributed by atoms with Crippen LogP contribution in [0.25, 0.3) is 0 Å². The van der Waals surface area contributed by atoms with Crippen LogP contribution >= 0.6 is 0 Å². The molecular weight excluding hydrogens is 311 g/mol. The van der Waals surface area contributed by atoms with Crippen LogP contribution in [0.1, 0.15) is 34.5 Å². The fourth-order valence-electron chi connectivity index (χ4n) is 1.68. The summed E-state index contributed by atoms with van der Waals surface area (Å²) in [4.78, 5) is 11.9. The van der Waals surface area contributed by atoms with Gasteiger partial charge < -0.3 is 4.74 Å². The highest BCUT2D eigenvalue weighted by atomic mass is 19.4. The van der Waals surface area contributed by atoms with E-state index in [9.17, 15) is 18.0 Å². The Morgan fingerprint density at radius 1 is 1.17 bits per heavy atom. The summed E-state index contributed by atoms with van der Waals surface area (Å²) in [6.45, 7) is 1.04. The first-order chi connectivity index (χ1) is 10.8. The fourth-order valence-corrected chi connectivity index (χ4v) is 1.68. The van der Waals surface area contributed by atoms with E-state index in [1.807, 2.05) is 0 Å². The SMILES string of the molecule is CC(c1ccc(C(=O)Oc2ccc(C#N)nn2)cc1)C(F)(F)F. The maximum atomic E-state index is 12.6. The molecule has 0 N–H and O–H groups in total. The number of nitriles is 1. The zero-order valence-electron chi connectivity index (χ0n) is 11.8. The van der Waals surface area contributed by atoms with Crippen molar-refractivity contribution in [2.75, 3.05) is 0 Å². The largest absolute Gasteiger partial charge is 0.402 e. The Hall–Kier alpha value is -2.95. The third-order valence-corrected chi connectivity index (χ3v) is 3.09. The molecular formula is C15H10F3N3O2. The summed E-state index contributed by atoms with van der Waals surface area (Å²) in [7, 11) is 0. The normalized spacial score (nSPS) is 12.3. The number of alkyl halides is 3. The highest BCUT2D eigenvalue weighted by Gasteiger charge is 2.36. The summed E-state index contributed by atoms with van der Waals surface area (Å²) >= 11 is 0. The van der Waals surface area contributed by atoms with Crippen LogP contribution in [-0.4, -0.2) is 22.3 Å². The van der Waals surface area contributed by atoms with Crippen molar-refractivity contribution in [3.63, 3.8) is 0 Å². The summed E-state index contributed by atoms with van der Waals surface area (Å²) in [5.74, 6) is -2.52. The number of esters is 1. The van der Waals surface area contributed by atoms with Crippen LogP contribution in [0.15, 0.2) is 36.4 Å². The van der Waals surface area contributed by atoms with Gasteiger partial charge in [0.2, 0.25) is 5.88 Å². The van der Waals surface area contributed by atoms with E-state index >= 15 is 0 Å². The lowest BCUT2D eigenvalue weighted by atomic mass is 9.99. The van der Waals surface area contributed by atoms with Gasteiger partial charge in [0.25, 0.3) is 0 Å². The topological polar surface area (TPSA) is 75.9 Å². The third-order valence-electron chi connectivity index (χ3n) is 3.09. The minimum atomic E-state index is -4.35. The van der Waals surface area contributed by atoms with Gasteiger partial charge in [0.1, 0.15) is 6.07 Å². The number of rotatable bonds is 3. The highest BCUT2D eigenvalue weighted by Crippen LogP contribution is 2.34. The third kappa shape index (κ3) is 4.03. The summed E-state index contributed by atoms with van der Waals surface area (Å²) < 4.78 is 42.8. The van der Waals surface area contributed by atoms with Gasteiger partial charge in [0, 0.05) is 6.07 Å². The molecule has 0 spiro atoms. The summed E-state index contributed by atoms with van der Waals surface area (Å²) in [6.07, 6.45) is -4.35. The number of aromatic nitrogens is 2. The van der Waals surface area contributed by atoms with Crippen LogP contribution < -0.4 is 4.74 Å². The van der Waals surface area contributed by atoms with E-state index in [-0.39, 0.29) is 22.7 Å². The van der Waals surface area contributed by atoms with Gasteiger partial charge in [-0.25, -0.2) is 4.79 Å². The van der Waals surface area contributed by atoms with Crippen LogP contribution in [0.4, 0.5) is 13.2 Å². The number of hydrogen-bond acceptors (Lipinski definition) is 5. The van der Waals surface area contributed by atoms with E-state index in [1.54, 1.807) is 6.07 Å². The van der Waals surface area contributed by atoms with E-state index in [0.29, 0.717) is 0 Å². The van der Waals surface area contributed by atoms with Crippen LogP contribution in [0.3, 0.4) is 0 Å². The molecule has 1 aromatic carbocycles. The Labute approximate surface area is 129 Å². The minimum Gasteiger partial charge on any atom is -0.402 e. The number of halogens is 3. The van der Waals surface area contributed by atoms with Gasteiger partial charge >= 0.3 is 12.1 Å². The molecule has 0 saturated heterocycles. The number of carbonyl (C=O) groups excluding carboxylic acids is 1. The first-order valence-corrected chi connectivity index (χ1v) is 6.44. The maximum absolute atomic E-state index is 12.6. The van der Waals surface area contributed by atoms with E-state index in [2.05, 4.69) is 10.2 Å². The maximum Gasteiger partial charge on any atom is 0.395 e. The molecule has 0 radical (unpaired) electrons. The molecule has 0 amide bonds. The van der Waals surface area contributed by atoms with Gasteiger partial charge in [-0.2, -0.15) is 18.4 Å². The Kier molecular flexibility index (Phi) is 4.60. The second-order valence-corrected chi connectivity index (χ2v) is 4.64. The van der Waals surface area contributed by atoms with Crippen molar-refractivity contribution in [1.29, 1.82) is 5.26 Å². The fraction of sp³-hybridized carbons (Fsp3) is 0.200. The molecule has 1 unspecified atom stereocenters. The lowest BCUT2D eigenvalue weighted by Gasteiger charge is -2.15. The molecule has 2 aromatic rings. The summed E-state index contributed by atoms with van der Waals surface area (Å²) in [5.41, 5.74) is 0.191. The second-order valence-electron chi connectivity index (χ2n) is 4.64. The number of ether oxygens (including phenoxy) is 1. The van der Waals surface area contributed by atoms with E-state index < -0.39 is 18.1 Å². The molecule has 1 heterocycles. The molecule has 0 aliphatic carbocycles. The monoisotopic (exact) mass is 321 g/mol. The lowest BCUT2D eigenvalue weighted by molar-refractivity contribution is -0.146. The average Bonchev–Trinajstić information content (AvgIpc) is 2.54. The van der Waals surface area contributed by atoms with Crippen molar-refractivity contribution in [3.8, 4) is 11.9 Å². The van der Waals surface area contributed by atoms with Crippen molar-refractivity contribution in [1.82, 2.24) is 10.2 Å². The quantitative estimate of drug-likeness (QED) is 0.811. The van der Waals surface area contributed by atoms with E-state index in [0.717, 1.165) is 6.92 Å². The molecule has 5 nitrogen and oxygen atoms in total. The molecule has 0 aliphatic rings. The molecule has 0 aliphatic heterocycles. The molecule has 23 heavy (non-hydrogen) atoms. The van der Waals surface area contributed by atoms with E-state index in [1.165, 1.54) is 36.4 Å². The van der Waals surface area contributed by atoms with Gasteiger partial charge in [-0.1, -0.05) is 12.1 Å². The van der Waals surface area contributed by atoms with Crippen molar-refractivity contribution in [2.24, 2.45) is 0 Å². The zero-order valence-corrected chi connectivity index (χ0v) is 11.8. The molecule has 0 bridgehead atoms. The van der Waals surface area contributed by atoms with Gasteiger partial charge in [0.05, 0.1) is 11.5 Å². The van der Waals surface area contributed by atoms with Crippen LogP contribution in [-0.2, 0) is 0 Å². The summed E-state index contributed by atoms with van der Waals surface area (Å²) in [6, 6.07) is 9.32. The van der Waals surface area contributed by atoms with Crippen LogP contribution in [0.5, 0.6) is 5.88 Å². The Morgan fingerprint density at radius 2 is 1.83 bits per heavy atom. The first kappa shape index (κ1) is 16.4. The Balaban J connectivity index is 2.09. The molecule has 0 fully saturated rings. The van der Waals surface area contributed by atoms with Crippen molar-refractivity contribution in [3.05, 3.63) is 53.2 Å². The highest BCUT2D eigenvalue weighted by molar-refractivity contribution is 5.90. The first-order valence-electron chi connectivity index (χ1n) is 6.44. The predicted octanol–water partition coefficient (Wildman–Crippen LogP) is 3.23. The molecule has 2 rings (SSSR count). The van der Waals surface area contributed by atoms with Crippen molar-refractivity contribution in [2.45, 2.75) is 19.0 Å². The number of hydrogen-bond donors (Lipinski definition) is 0. The van der Waals surface area contributed by atoms with Crippen LogP contribution in [0, 0.1) is 11.3 Å². The zero-order chi connectivity index (χ0) is 17.0. The van der Waals surface area contributed by atoms with Gasteiger partial charge in [-0.3, -0.25) is 0 Å². The number of carbonyl (C=O) groups is 1. The average molecular weight is 321 g/mol. The number of nitrogens with zero attached hydrogens (tertiary/aromatic N) is 3. The van der Waals surface area contributed by atoms with Gasteiger partial charge in [-0.15, -0.1) is 10.2 Å². The van der Waals surface area contributed by atoms with Gasteiger partial charge in [-0.05, 0) is 30.7 Å². The standard InChI is InChI=1S/C15H10F3N3O2/c1-9(15(16,17)18)10-2-4-11(5-3-10)14(22)23-13-7-6-12(8-19)20-21-13/h2-7,9H,1H3. The van der Waals surface area contributed by atoms with Crippen molar-refractivity contribution >= 4 is 5.97 Å². The van der Waals surface area contributed by atoms with Gasteiger partial charge in [0.15, 0.2) is 5.69 Å². The molecule has 1 atom stereocenters. The van der Waals surface area contributed by atoms with Crippen molar-refractivity contribution < 1.29 is 22.7 Å². The molecule has 1 aromatic heterocycles. The molecule has 0 saturated carbocycles. The predicted molar refractivity (Wildman–Crippen MR) is 72.6 cm³/mol. The lowest BCUT2D eigenvalue weighted by Crippen LogP contribution is -2.18. The minimum absolute atomic E-state index is 0.0483. The summed E-state index contributed by atoms with van der Waals surface area (Å²) in [5, 5.41) is 15.6.